The fraction of sp³-hybridized carbons (Fsp3) is 0.333. The third-order valence-electron chi connectivity index (χ3n) is 2.48. The van der Waals surface area contributed by atoms with E-state index < -0.39 is 22.9 Å². The van der Waals surface area contributed by atoms with Crippen LogP contribution in [-0.4, -0.2) is 34.0 Å². The molecule has 8 heteroatoms. The Balaban J connectivity index is 2.73. The molecule has 0 radical (unpaired) electrons. The van der Waals surface area contributed by atoms with Crippen LogP contribution in [-0.2, 0) is 16.6 Å². The Hall–Kier alpha value is -2.64. The number of nitro groups is 1. The molecule has 0 fully saturated rings. The average molecular weight is 281 g/mol. The summed E-state index contributed by atoms with van der Waals surface area (Å²) in [6.45, 7) is 5.11. The number of aryl methyl sites for hydroxylation is 1. The van der Waals surface area contributed by atoms with E-state index >= 15 is 0 Å². The van der Waals surface area contributed by atoms with Crippen molar-refractivity contribution in [2.75, 3.05) is 6.54 Å². The molecule has 0 aliphatic rings. The Kier molecular flexibility index (Phi) is 5.01. The number of hydrogen-bond donors (Lipinski definition) is 1. The second-order valence-electron chi connectivity index (χ2n) is 4.03. The minimum atomic E-state index is -1.00. The molecule has 1 amide bonds. The van der Waals surface area contributed by atoms with Gasteiger partial charge < -0.3 is 14.6 Å². The summed E-state index contributed by atoms with van der Waals surface area (Å²) >= 11 is 0. The van der Waals surface area contributed by atoms with Crippen LogP contribution in [0.1, 0.15) is 17.4 Å². The number of esters is 1. The third-order valence-corrected chi connectivity index (χ3v) is 2.48. The van der Waals surface area contributed by atoms with E-state index in [-0.39, 0.29) is 17.9 Å². The smallest absolute Gasteiger partial charge is 0.355 e. The number of carbonyl (C=O) groups excluding carboxylic acids is 2. The zero-order chi connectivity index (χ0) is 15.3. The van der Waals surface area contributed by atoms with Gasteiger partial charge in [-0.1, -0.05) is 6.08 Å². The van der Waals surface area contributed by atoms with Crippen molar-refractivity contribution in [1.82, 2.24) is 9.88 Å². The van der Waals surface area contributed by atoms with E-state index in [1.165, 1.54) is 30.8 Å². The van der Waals surface area contributed by atoms with E-state index in [0.717, 1.165) is 6.07 Å². The number of amides is 1. The van der Waals surface area contributed by atoms with Gasteiger partial charge in [0.25, 0.3) is 11.6 Å². The first-order valence-corrected chi connectivity index (χ1v) is 5.77. The van der Waals surface area contributed by atoms with Crippen LogP contribution in [0.5, 0.6) is 0 Å². The van der Waals surface area contributed by atoms with Gasteiger partial charge in [-0.3, -0.25) is 14.9 Å². The monoisotopic (exact) mass is 281 g/mol. The highest BCUT2D eigenvalue weighted by Crippen LogP contribution is 2.16. The first-order chi connectivity index (χ1) is 9.36. The third kappa shape index (κ3) is 3.67. The summed E-state index contributed by atoms with van der Waals surface area (Å²) in [5, 5.41) is 13.1. The maximum atomic E-state index is 11.8. The first kappa shape index (κ1) is 15.4. The van der Waals surface area contributed by atoms with E-state index in [0.29, 0.717) is 0 Å². The fourth-order valence-electron chi connectivity index (χ4n) is 1.44. The lowest BCUT2D eigenvalue weighted by atomic mass is 10.3. The van der Waals surface area contributed by atoms with E-state index in [1.807, 2.05) is 0 Å². The maximum absolute atomic E-state index is 11.8. The molecule has 1 aromatic rings. The first-order valence-electron chi connectivity index (χ1n) is 5.77. The summed E-state index contributed by atoms with van der Waals surface area (Å²) in [6.07, 6.45) is 1.68. The number of rotatable bonds is 6. The van der Waals surface area contributed by atoms with Crippen LogP contribution in [0, 0.1) is 10.1 Å². The van der Waals surface area contributed by atoms with Gasteiger partial charge in [0.15, 0.2) is 6.10 Å². The van der Waals surface area contributed by atoms with Gasteiger partial charge in [-0.2, -0.15) is 0 Å². The molecule has 0 aliphatic carbocycles. The molecule has 8 nitrogen and oxygen atoms in total. The molecule has 1 aromatic heterocycles. The molecule has 1 unspecified atom stereocenters. The molecule has 108 valence electrons. The summed E-state index contributed by atoms with van der Waals surface area (Å²) in [6, 6.07) is 1.09. The average Bonchev–Trinajstić information content (AvgIpc) is 2.78. The molecule has 0 aromatic carbocycles. The number of ether oxygens (including phenoxy) is 1. The number of carbonyl (C=O) groups is 2. The van der Waals surface area contributed by atoms with Gasteiger partial charge in [-0.25, -0.2) is 4.79 Å². The van der Waals surface area contributed by atoms with Crippen molar-refractivity contribution >= 4 is 17.6 Å². The molecule has 1 N–H and O–H groups in total. The Morgan fingerprint density at radius 1 is 1.65 bits per heavy atom. The molecule has 1 atom stereocenters. The van der Waals surface area contributed by atoms with Gasteiger partial charge in [-0.05, 0) is 6.92 Å². The van der Waals surface area contributed by atoms with Crippen LogP contribution < -0.4 is 5.32 Å². The molecule has 0 bridgehead atoms. The molecule has 1 heterocycles. The molecule has 20 heavy (non-hydrogen) atoms. The van der Waals surface area contributed by atoms with E-state index in [2.05, 4.69) is 11.9 Å². The van der Waals surface area contributed by atoms with Crippen molar-refractivity contribution in [2.45, 2.75) is 13.0 Å². The molecular formula is C12H15N3O5. The van der Waals surface area contributed by atoms with Crippen molar-refractivity contribution in [2.24, 2.45) is 7.05 Å². The number of nitrogens with one attached hydrogen (secondary N) is 1. The molecule has 1 rings (SSSR count). The van der Waals surface area contributed by atoms with Crippen molar-refractivity contribution in [1.29, 1.82) is 0 Å². The van der Waals surface area contributed by atoms with Gasteiger partial charge in [-0.15, -0.1) is 6.58 Å². The lowest BCUT2D eigenvalue weighted by Gasteiger charge is -2.12. The molecule has 0 aliphatic heterocycles. The molecule has 0 saturated heterocycles. The predicted octanol–water partition coefficient (Wildman–Crippen LogP) is 0.781. The Morgan fingerprint density at radius 2 is 2.30 bits per heavy atom. The summed E-state index contributed by atoms with van der Waals surface area (Å²) in [7, 11) is 1.48. The number of aromatic nitrogens is 1. The summed E-state index contributed by atoms with van der Waals surface area (Å²) in [5.41, 5.74) is -0.219. The second-order valence-corrected chi connectivity index (χ2v) is 4.03. The van der Waals surface area contributed by atoms with Crippen LogP contribution in [0.15, 0.2) is 24.9 Å². The Bertz CT molecular complexity index is 549. The maximum Gasteiger partial charge on any atom is 0.355 e. The Morgan fingerprint density at radius 3 is 2.80 bits per heavy atom. The SMILES string of the molecule is C=CCNC(=O)C(C)OC(=O)c1cc([N+](=O)[O-])cn1C. The summed E-state index contributed by atoms with van der Waals surface area (Å²) in [5.74, 6) is -1.27. The van der Waals surface area contributed by atoms with Crippen LogP contribution in [0.2, 0.25) is 0 Å². The lowest BCUT2D eigenvalue weighted by molar-refractivity contribution is -0.384. The zero-order valence-electron chi connectivity index (χ0n) is 11.2. The topological polar surface area (TPSA) is 103 Å². The van der Waals surface area contributed by atoms with Crippen LogP contribution in [0.25, 0.3) is 0 Å². The van der Waals surface area contributed by atoms with Crippen molar-refractivity contribution in [3.05, 3.63) is 40.7 Å². The van der Waals surface area contributed by atoms with Gasteiger partial charge in [0.2, 0.25) is 0 Å². The van der Waals surface area contributed by atoms with Crippen molar-refractivity contribution < 1.29 is 19.2 Å². The van der Waals surface area contributed by atoms with E-state index in [1.54, 1.807) is 0 Å². The van der Waals surface area contributed by atoms with Gasteiger partial charge >= 0.3 is 5.97 Å². The molecule has 0 saturated carbocycles. The Labute approximate surface area is 115 Å². The summed E-state index contributed by atoms with van der Waals surface area (Å²) < 4.78 is 6.21. The van der Waals surface area contributed by atoms with E-state index in [9.17, 15) is 19.7 Å². The summed E-state index contributed by atoms with van der Waals surface area (Å²) in [4.78, 5) is 33.3. The van der Waals surface area contributed by atoms with Crippen molar-refractivity contribution in [3.63, 3.8) is 0 Å². The van der Waals surface area contributed by atoms with Gasteiger partial charge in [0.1, 0.15) is 5.69 Å². The largest absolute Gasteiger partial charge is 0.448 e. The van der Waals surface area contributed by atoms with Crippen molar-refractivity contribution in [3.8, 4) is 0 Å². The van der Waals surface area contributed by atoms with Crippen LogP contribution in [0.3, 0.4) is 0 Å². The minimum absolute atomic E-state index is 0.0000655. The highest BCUT2D eigenvalue weighted by Gasteiger charge is 2.23. The lowest BCUT2D eigenvalue weighted by Crippen LogP contribution is -2.36. The fourth-order valence-corrected chi connectivity index (χ4v) is 1.44. The van der Waals surface area contributed by atoms with E-state index in [4.69, 9.17) is 4.74 Å². The van der Waals surface area contributed by atoms with Gasteiger partial charge in [0.05, 0.1) is 11.1 Å². The predicted molar refractivity (Wildman–Crippen MR) is 70.2 cm³/mol. The highest BCUT2D eigenvalue weighted by atomic mass is 16.6. The second kappa shape index (κ2) is 6.50. The standard InChI is InChI=1S/C12H15N3O5/c1-4-5-13-11(16)8(2)20-12(17)10-6-9(15(18)19)7-14(10)3/h4,6-8H,1,5H2,2-3H3,(H,13,16). The molecular weight excluding hydrogens is 266 g/mol. The normalized spacial score (nSPS) is 11.5. The zero-order valence-corrected chi connectivity index (χ0v) is 11.2. The van der Waals surface area contributed by atoms with Crippen LogP contribution >= 0.6 is 0 Å². The highest BCUT2D eigenvalue weighted by molar-refractivity contribution is 5.91. The number of nitrogens with zero attached hydrogens (tertiary/aromatic N) is 2. The van der Waals surface area contributed by atoms with Crippen LogP contribution in [0.4, 0.5) is 5.69 Å². The quantitative estimate of drug-likeness (QED) is 0.359. The molecule has 0 spiro atoms. The number of hydrogen-bond acceptors (Lipinski definition) is 5. The van der Waals surface area contributed by atoms with Gasteiger partial charge in [0, 0.05) is 19.7 Å². The minimum Gasteiger partial charge on any atom is -0.448 e.